The van der Waals surface area contributed by atoms with Gasteiger partial charge in [0.2, 0.25) is 0 Å². The van der Waals surface area contributed by atoms with Gasteiger partial charge in [0.1, 0.15) is 5.82 Å². The number of rotatable bonds is 3. The van der Waals surface area contributed by atoms with Gasteiger partial charge in [-0.25, -0.2) is 9.97 Å². The first-order valence-electron chi connectivity index (χ1n) is 6.31. The largest absolute Gasteiger partial charge is 0.397 e. The topological polar surface area (TPSA) is 51.8 Å². The van der Waals surface area contributed by atoms with E-state index in [9.17, 15) is 0 Å². The molecule has 1 unspecified atom stereocenters. The third-order valence-electron chi connectivity index (χ3n) is 3.38. The van der Waals surface area contributed by atoms with E-state index in [1.807, 2.05) is 38.3 Å². The van der Waals surface area contributed by atoms with Gasteiger partial charge in [0, 0.05) is 11.4 Å². The van der Waals surface area contributed by atoms with Crippen molar-refractivity contribution in [2.75, 3.05) is 12.0 Å². The zero-order chi connectivity index (χ0) is 14.9. The van der Waals surface area contributed by atoms with Gasteiger partial charge in [-0.1, -0.05) is 23.7 Å². The lowest BCUT2D eigenvalue weighted by atomic mass is 9.97. The summed E-state index contributed by atoms with van der Waals surface area (Å²) in [6.07, 6.45) is 2.03. The zero-order valence-electron chi connectivity index (χ0n) is 12.1. The Kier molecular flexibility index (Phi) is 4.25. The molecule has 0 aliphatic heterocycles. The van der Waals surface area contributed by atoms with Gasteiger partial charge in [-0.15, -0.1) is 11.8 Å². The standard InChI is InChI=1S/C15H18ClN3S/c1-9-8-10(2)19-14(18-9)15(3,20-4)11-6-5-7-12(16)13(11)17/h5-8H,17H2,1-4H3. The van der Waals surface area contributed by atoms with Crippen LogP contribution in [0.5, 0.6) is 0 Å². The summed E-state index contributed by atoms with van der Waals surface area (Å²) >= 11 is 7.81. The molecule has 0 saturated carbocycles. The van der Waals surface area contributed by atoms with E-state index in [0.29, 0.717) is 10.7 Å². The minimum atomic E-state index is -0.425. The summed E-state index contributed by atoms with van der Waals surface area (Å²) in [4.78, 5) is 9.19. The van der Waals surface area contributed by atoms with Crippen LogP contribution in [0.4, 0.5) is 5.69 Å². The Morgan fingerprint density at radius 1 is 1.20 bits per heavy atom. The summed E-state index contributed by atoms with van der Waals surface area (Å²) in [5.41, 5.74) is 9.60. The molecule has 2 aromatic rings. The highest BCUT2D eigenvalue weighted by molar-refractivity contribution is 7.99. The van der Waals surface area contributed by atoms with Crippen molar-refractivity contribution in [1.82, 2.24) is 9.97 Å². The molecule has 20 heavy (non-hydrogen) atoms. The number of hydrogen-bond acceptors (Lipinski definition) is 4. The number of nitrogen functional groups attached to an aromatic ring is 1. The van der Waals surface area contributed by atoms with Crippen LogP contribution in [-0.4, -0.2) is 16.2 Å². The minimum Gasteiger partial charge on any atom is -0.397 e. The highest BCUT2D eigenvalue weighted by atomic mass is 35.5. The molecule has 0 aliphatic rings. The van der Waals surface area contributed by atoms with Crippen LogP contribution in [0, 0.1) is 13.8 Å². The Bertz CT molecular complexity index is 625. The highest BCUT2D eigenvalue weighted by Crippen LogP contribution is 2.43. The maximum atomic E-state index is 6.16. The smallest absolute Gasteiger partial charge is 0.149 e. The monoisotopic (exact) mass is 307 g/mol. The van der Waals surface area contributed by atoms with E-state index in [0.717, 1.165) is 22.8 Å². The fourth-order valence-corrected chi connectivity index (χ4v) is 3.06. The van der Waals surface area contributed by atoms with Gasteiger partial charge in [0.05, 0.1) is 15.5 Å². The van der Waals surface area contributed by atoms with E-state index in [1.54, 1.807) is 17.8 Å². The number of nitrogens with zero attached hydrogens (tertiary/aromatic N) is 2. The van der Waals surface area contributed by atoms with Gasteiger partial charge in [0.25, 0.3) is 0 Å². The van der Waals surface area contributed by atoms with Crippen LogP contribution < -0.4 is 5.73 Å². The molecular formula is C15H18ClN3S. The molecule has 1 aromatic heterocycles. The molecule has 1 atom stereocenters. The number of thioether (sulfide) groups is 1. The molecule has 0 amide bonds. The molecule has 5 heteroatoms. The molecule has 0 bridgehead atoms. The van der Waals surface area contributed by atoms with Crippen molar-refractivity contribution in [2.24, 2.45) is 0 Å². The van der Waals surface area contributed by atoms with Crippen molar-refractivity contribution in [3.8, 4) is 0 Å². The zero-order valence-corrected chi connectivity index (χ0v) is 13.6. The number of para-hydroxylation sites is 1. The van der Waals surface area contributed by atoms with Crippen LogP contribution in [0.1, 0.15) is 29.7 Å². The Balaban J connectivity index is 2.67. The van der Waals surface area contributed by atoms with Crippen LogP contribution in [0.2, 0.25) is 5.02 Å². The second-order valence-electron chi connectivity index (χ2n) is 4.91. The van der Waals surface area contributed by atoms with E-state index in [2.05, 4.69) is 16.9 Å². The summed E-state index contributed by atoms with van der Waals surface area (Å²) in [5.74, 6) is 0.761. The Morgan fingerprint density at radius 3 is 2.35 bits per heavy atom. The number of anilines is 1. The van der Waals surface area contributed by atoms with Gasteiger partial charge in [-0.2, -0.15) is 0 Å². The number of nitrogens with two attached hydrogens (primary N) is 1. The van der Waals surface area contributed by atoms with Gasteiger partial charge in [-0.05, 0) is 44.7 Å². The Labute approximate surface area is 129 Å². The SMILES string of the molecule is CSC(C)(c1nc(C)cc(C)n1)c1cccc(Cl)c1N. The number of aryl methyl sites for hydroxylation is 2. The summed E-state index contributed by atoms with van der Waals surface area (Å²) in [7, 11) is 0. The highest BCUT2D eigenvalue weighted by Gasteiger charge is 2.33. The van der Waals surface area contributed by atoms with Crippen molar-refractivity contribution in [3.63, 3.8) is 0 Å². The molecule has 0 saturated heterocycles. The second-order valence-corrected chi connectivity index (χ2v) is 6.54. The number of hydrogen-bond donors (Lipinski definition) is 1. The molecule has 1 aromatic carbocycles. The van der Waals surface area contributed by atoms with Crippen LogP contribution in [0.3, 0.4) is 0 Å². The molecule has 2 rings (SSSR count). The van der Waals surface area contributed by atoms with E-state index in [1.165, 1.54) is 0 Å². The summed E-state index contributed by atoms with van der Waals surface area (Å²) < 4.78 is -0.425. The normalized spacial score (nSPS) is 14.1. The third kappa shape index (κ3) is 2.63. The van der Waals surface area contributed by atoms with Crippen LogP contribution in [0.15, 0.2) is 24.3 Å². The van der Waals surface area contributed by atoms with Crippen molar-refractivity contribution in [3.05, 3.63) is 52.1 Å². The first-order valence-corrected chi connectivity index (χ1v) is 7.91. The van der Waals surface area contributed by atoms with E-state index in [-0.39, 0.29) is 0 Å². The van der Waals surface area contributed by atoms with E-state index in [4.69, 9.17) is 17.3 Å². The maximum Gasteiger partial charge on any atom is 0.149 e. The van der Waals surface area contributed by atoms with Crippen LogP contribution in [0.25, 0.3) is 0 Å². The molecule has 2 N–H and O–H groups in total. The lowest BCUT2D eigenvalue weighted by Crippen LogP contribution is -2.24. The molecule has 0 aliphatic carbocycles. The number of aromatic nitrogens is 2. The minimum absolute atomic E-state index is 0.425. The molecule has 0 radical (unpaired) electrons. The lowest BCUT2D eigenvalue weighted by Gasteiger charge is -2.28. The molecule has 0 spiro atoms. The predicted octanol–water partition coefficient (Wildman–Crippen LogP) is 3.96. The van der Waals surface area contributed by atoms with Crippen LogP contribution in [-0.2, 0) is 4.75 Å². The van der Waals surface area contributed by atoms with Gasteiger partial charge >= 0.3 is 0 Å². The molecule has 3 nitrogen and oxygen atoms in total. The fraction of sp³-hybridized carbons (Fsp3) is 0.333. The van der Waals surface area contributed by atoms with E-state index >= 15 is 0 Å². The third-order valence-corrected chi connectivity index (χ3v) is 4.93. The average molecular weight is 308 g/mol. The second kappa shape index (κ2) is 5.62. The predicted molar refractivity (Wildman–Crippen MR) is 87.3 cm³/mol. The summed E-state index contributed by atoms with van der Waals surface area (Å²) in [5, 5.41) is 0.562. The van der Waals surface area contributed by atoms with Crippen molar-refractivity contribution in [1.29, 1.82) is 0 Å². The summed E-state index contributed by atoms with van der Waals surface area (Å²) in [6.45, 7) is 6.02. The lowest BCUT2D eigenvalue weighted by molar-refractivity contribution is 0.742. The van der Waals surface area contributed by atoms with Crippen molar-refractivity contribution in [2.45, 2.75) is 25.5 Å². The van der Waals surface area contributed by atoms with Gasteiger partial charge in [0.15, 0.2) is 0 Å². The van der Waals surface area contributed by atoms with Crippen LogP contribution >= 0.6 is 23.4 Å². The molecule has 1 heterocycles. The number of halogens is 1. The molecule has 106 valence electrons. The Hall–Kier alpha value is -1.26. The molecular weight excluding hydrogens is 290 g/mol. The fourth-order valence-electron chi connectivity index (χ4n) is 2.21. The van der Waals surface area contributed by atoms with E-state index < -0.39 is 4.75 Å². The summed E-state index contributed by atoms with van der Waals surface area (Å²) in [6, 6.07) is 7.65. The number of benzene rings is 1. The van der Waals surface area contributed by atoms with Crippen molar-refractivity contribution >= 4 is 29.1 Å². The maximum absolute atomic E-state index is 6.16. The van der Waals surface area contributed by atoms with Gasteiger partial charge in [-0.3, -0.25) is 0 Å². The first-order chi connectivity index (χ1) is 9.38. The first kappa shape index (κ1) is 15.1. The average Bonchev–Trinajstić information content (AvgIpc) is 2.40. The quantitative estimate of drug-likeness (QED) is 0.872. The Morgan fingerprint density at radius 2 is 1.80 bits per heavy atom. The van der Waals surface area contributed by atoms with Crippen molar-refractivity contribution < 1.29 is 0 Å². The molecule has 0 fully saturated rings. The van der Waals surface area contributed by atoms with Gasteiger partial charge < -0.3 is 5.73 Å².